The summed E-state index contributed by atoms with van der Waals surface area (Å²) in [6.07, 6.45) is 0. The molecule has 2 amide bonds. The molecule has 0 heterocycles. The highest BCUT2D eigenvalue weighted by atomic mass is 16.5. The largest absolute Gasteiger partial charge is 0.379 e. The van der Waals surface area contributed by atoms with Crippen LogP contribution in [0.1, 0.15) is 12.5 Å². The first kappa shape index (κ1) is 15.5. The zero-order chi connectivity index (χ0) is 14.1. The van der Waals surface area contributed by atoms with Crippen molar-refractivity contribution in [1.82, 2.24) is 4.90 Å². The van der Waals surface area contributed by atoms with Crippen molar-refractivity contribution >= 4 is 11.7 Å². The van der Waals surface area contributed by atoms with Crippen LogP contribution in [0.15, 0.2) is 24.3 Å². The fourth-order valence-corrected chi connectivity index (χ4v) is 1.43. The first-order chi connectivity index (χ1) is 9.13. The molecule has 1 N–H and O–H groups in total. The number of nitrogens with one attached hydrogen (secondary N) is 1. The van der Waals surface area contributed by atoms with Crippen molar-refractivity contribution in [3.63, 3.8) is 0 Å². The maximum absolute atomic E-state index is 11.5. The van der Waals surface area contributed by atoms with E-state index < -0.39 is 0 Å². The van der Waals surface area contributed by atoms with Crippen LogP contribution in [0, 0.1) is 0 Å². The van der Waals surface area contributed by atoms with Gasteiger partial charge in [-0.2, -0.15) is 0 Å². The van der Waals surface area contributed by atoms with Crippen LogP contribution in [0.4, 0.5) is 10.5 Å². The fourth-order valence-electron chi connectivity index (χ4n) is 1.43. The highest BCUT2D eigenvalue weighted by Crippen LogP contribution is 2.12. The highest BCUT2D eigenvalue weighted by molar-refractivity contribution is 5.88. The zero-order valence-corrected chi connectivity index (χ0v) is 11.8. The number of nitrogens with zero attached hydrogens (tertiary/aromatic N) is 1. The number of ether oxygens (including phenoxy) is 2. The zero-order valence-electron chi connectivity index (χ0n) is 11.8. The van der Waals surface area contributed by atoms with Crippen molar-refractivity contribution in [3.8, 4) is 0 Å². The first-order valence-corrected chi connectivity index (χ1v) is 6.36. The van der Waals surface area contributed by atoms with Crippen LogP contribution in [-0.4, -0.2) is 44.8 Å². The number of anilines is 1. The second-order valence-electron chi connectivity index (χ2n) is 4.27. The fraction of sp³-hybridized carbons (Fsp3) is 0.500. The second kappa shape index (κ2) is 8.50. The third kappa shape index (κ3) is 6.22. The van der Waals surface area contributed by atoms with Gasteiger partial charge in [-0.05, 0) is 24.6 Å². The Kier molecular flexibility index (Phi) is 6.92. The summed E-state index contributed by atoms with van der Waals surface area (Å²) in [7, 11) is 3.41. The summed E-state index contributed by atoms with van der Waals surface area (Å²) in [6.45, 7) is 4.35. The van der Waals surface area contributed by atoms with Crippen molar-refractivity contribution in [3.05, 3.63) is 29.8 Å². The van der Waals surface area contributed by atoms with E-state index in [4.69, 9.17) is 9.47 Å². The van der Waals surface area contributed by atoms with Crippen LogP contribution in [-0.2, 0) is 16.1 Å². The average molecular weight is 266 g/mol. The molecule has 0 aromatic heterocycles. The number of amides is 2. The monoisotopic (exact) mass is 266 g/mol. The van der Waals surface area contributed by atoms with E-state index in [2.05, 4.69) is 5.32 Å². The average Bonchev–Trinajstić information content (AvgIpc) is 2.39. The van der Waals surface area contributed by atoms with Gasteiger partial charge in [0.05, 0.1) is 19.8 Å². The molecule has 0 atom stereocenters. The highest BCUT2D eigenvalue weighted by Gasteiger charge is 2.04. The molecular formula is C14H22N2O3. The molecular weight excluding hydrogens is 244 g/mol. The molecule has 0 unspecified atom stereocenters. The Morgan fingerprint density at radius 2 is 2.00 bits per heavy atom. The molecule has 19 heavy (non-hydrogen) atoms. The molecule has 5 nitrogen and oxygen atoms in total. The van der Waals surface area contributed by atoms with E-state index in [1.165, 1.54) is 4.90 Å². The molecule has 5 heteroatoms. The molecule has 0 saturated heterocycles. The second-order valence-corrected chi connectivity index (χ2v) is 4.27. The summed E-state index contributed by atoms with van der Waals surface area (Å²) < 4.78 is 10.7. The van der Waals surface area contributed by atoms with Gasteiger partial charge in [-0.25, -0.2) is 4.79 Å². The first-order valence-electron chi connectivity index (χ1n) is 6.36. The summed E-state index contributed by atoms with van der Waals surface area (Å²) in [5.74, 6) is 0. The molecule has 0 aliphatic carbocycles. The summed E-state index contributed by atoms with van der Waals surface area (Å²) in [4.78, 5) is 13.0. The van der Waals surface area contributed by atoms with Crippen molar-refractivity contribution in [2.45, 2.75) is 13.5 Å². The molecule has 0 bridgehead atoms. The van der Waals surface area contributed by atoms with Crippen molar-refractivity contribution < 1.29 is 14.3 Å². The Hall–Kier alpha value is -1.59. The van der Waals surface area contributed by atoms with E-state index in [-0.39, 0.29) is 6.03 Å². The minimum absolute atomic E-state index is 0.144. The Labute approximate surface area is 114 Å². The summed E-state index contributed by atoms with van der Waals surface area (Å²) in [6, 6.07) is 7.47. The number of carbonyl (C=O) groups excluding carboxylic acids is 1. The van der Waals surface area contributed by atoms with Crippen LogP contribution >= 0.6 is 0 Å². The Balaban J connectivity index is 2.41. The van der Waals surface area contributed by atoms with Gasteiger partial charge in [-0.15, -0.1) is 0 Å². The van der Waals surface area contributed by atoms with Gasteiger partial charge in [0.15, 0.2) is 0 Å². The molecule has 0 aliphatic rings. The lowest BCUT2D eigenvalue weighted by Gasteiger charge is -2.12. The number of rotatable bonds is 7. The predicted molar refractivity (Wildman–Crippen MR) is 75.3 cm³/mol. The molecule has 1 rings (SSSR count). The van der Waals surface area contributed by atoms with Crippen LogP contribution < -0.4 is 5.32 Å². The van der Waals surface area contributed by atoms with Gasteiger partial charge in [0.2, 0.25) is 0 Å². The normalized spacial score (nSPS) is 10.3. The Morgan fingerprint density at radius 3 is 2.68 bits per heavy atom. The smallest absolute Gasteiger partial charge is 0.321 e. The number of hydrogen-bond donors (Lipinski definition) is 1. The SMILES string of the molecule is CCOCCOCc1cccc(NC(=O)N(C)C)c1. The quantitative estimate of drug-likeness (QED) is 0.771. The maximum atomic E-state index is 11.5. The van der Waals surface area contributed by atoms with Gasteiger partial charge < -0.3 is 19.7 Å². The van der Waals surface area contributed by atoms with E-state index >= 15 is 0 Å². The van der Waals surface area contributed by atoms with Crippen LogP contribution in [0.3, 0.4) is 0 Å². The summed E-state index contributed by atoms with van der Waals surface area (Å²) >= 11 is 0. The lowest BCUT2D eigenvalue weighted by molar-refractivity contribution is 0.0453. The molecule has 106 valence electrons. The Bertz CT molecular complexity index is 394. The van der Waals surface area contributed by atoms with E-state index in [1.54, 1.807) is 14.1 Å². The van der Waals surface area contributed by atoms with E-state index in [0.29, 0.717) is 26.4 Å². The summed E-state index contributed by atoms with van der Waals surface area (Å²) in [5, 5.41) is 2.80. The third-order valence-electron chi connectivity index (χ3n) is 2.43. The third-order valence-corrected chi connectivity index (χ3v) is 2.43. The van der Waals surface area contributed by atoms with Gasteiger partial charge in [-0.1, -0.05) is 12.1 Å². The number of hydrogen-bond acceptors (Lipinski definition) is 3. The number of benzene rings is 1. The maximum Gasteiger partial charge on any atom is 0.321 e. The molecule has 0 fully saturated rings. The van der Waals surface area contributed by atoms with Crippen molar-refractivity contribution in [1.29, 1.82) is 0 Å². The minimum Gasteiger partial charge on any atom is -0.379 e. The number of urea groups is 1. The molecule has 0 radical (unpaired) electrons. The van der Waals surface area contributed by atoms with E-state index in [0.717, 1.165) is 11.3 Å². The molecule has 0 spiro atoms. The summed E-state index contributed by atoms with van der Waals surface area (Å²) in [5.41, 5.74) is 1.79. The number of carbonyl (C=O) groups is 1. The lowest BCUT2D eigenvalue weighted by Crippen LogP contribution is -2.27. The van der Waals surface area contributed by atoms with Gasteiger partial charge in [0.1, 0.15) is 0 Å². The topological polar surface area (TPSA) is 50.8 Å². The minimum atomic E-state index is -0.144. The van der Waals surface area contributed by atoms with Crippen LogP contribution in [0.25, 0.3) is 0 Å². The molecule has 1 aromatic carbocycles. The molecule has 0 saturated carbocycles. The van der Waals surface area contributed by atoms with Crippen LogP contribution in [0.5, 0.6) is 0 Å². The van der Waals surface area contributed by atoms with Gasteiger partial charge in [0.25, 0.3) is 0 Å². The van der Waals surface area contributed by atoms with E-state index in [9.17, 15) is 4.79 Å². The Morgan fingerprint density at radius 1 is 1.26 bits per heavy atom. The standard InChI is InChI=1S/C14H22N2O3/c1-4-18-8-9-19-11-12-6-5-7-13(10-12)15-14(17)16(2)3/h5-7,10H,4,8-9,11H2,1-3H3,(H,15,17). The van der Waals surface area contributed by atoms with Gasteiger partial charge >= 0.3 is 6.03 Å². The van der Waals surface area contributed by atoms with Gasteiger partial charge in [-0.3, -0.25) is 0 Å². The van der Waals surface area contributed by atoms with E-state index in [1.807, 2.05) is 31.2 Å². The van der Waals surface area contributed by atoms with Crippen molar-refractivity contribution in [2.75, 3.05) is 39.2 Å². The van der Waals surface area contributed by atoms with Gasteiger partial charge in [0, 0.05) is 26.4 Å². The molecule has 1 aromatic rings. The van der Waals surface area contributed by atoms with Crippen molar-refractivity contribution in [2.24, 2.45) is 0 Å². The molecule has 0 aliphatic heterocycles. The predicted octanol–water partition coefficient (Wildman–Crippen LogP) is 2.33. The lowest BCUT2D eigenvalue weighted by atomic mass is 10.2. The van der Waals surface area contributed by atoms with Crippen LogP contribution in [0.2, 0.25) is 0 Å².